The summed E-state index contributed by atoms with van der Waals surface area (Å²) in [4.78, 5) is 26.2. The lowest BCUT2D eigenvalue weighted by atomic mass is 10.1. The number of benzene rings is 1. The van der Waals surface area contributed by atoms with E-state index in [9.17, 15) is 9.59 Å². The first-order chi connectivity index (χ1) is 11.2. The molecule has 1 aromatic carbocycles. The molecule has 0 radical (unpaired) electrons. The van der Waals surface area contributed by atoms with E-state index in [1.165, 1.54) is 6.42 Å². The topological polar surface area (TPSA) is 61.4 Å². The minimum absolute atomic E-state index is 0.0211. The molecule has 2 aliphatic heterocycles. The molecule has 1 atom stereocenters. The Hall–Kier alpha value is -2.14. The molecule has 1 aromatic rings. The van der Waals surface area contributed by atoms with Crippen LogP contribution in [0.5, 0.6) is 0 Å². The van der Waals surface area contributed by atoms with Gasteiger partial charge in [0, 0.05) is 31.7 Å². The molecule has 3 rings (SSSR count). The van der Waals surface area contributed by atoms with Crippen LogP contribution >= 0.6 is 0 Å². The maximum Gasteiger partial charge on any atom is 0.253 e. The maximum absolute atomic E-state index is 12.4. The summed E-state index contributed by atoms with van der Waals surface area (Å²) in [7, 11) is 0. The third-order valence-corrected chi connectivity index (χ3v) is 4.38. The fraction of sp³-hybridized carbons (Fsp3) is 0.444. The summed E-state index contributed by atoms with van der Waals surface area (Å²) in [6.45, 7) is 2.94. The molecule has 0 saturated carbocycles. The van der Waals surface area contributed by atoms with Crippen molar-refractivity contribution in [3.8, 4) is 0 Å². The third kappa shape index (κ3) is 3.99. The highest BCUT2D eigenvalue weighted by atomic mass is 16.2. The van der Waals surface area contributed by atoms with Gasteiger partial charge < -0.3 is 10.2 Å². The van der Waals surface area contributed by atoms with Crippen molar-refractivity contribution >= 4 is 11.8 Å². The van der Waals surface area contributed by atoms with E-state index in [2.05, 4.69) is 10.6 Å². The second kappa shape index (κ2) is 7.42. The molecule has 5 nitrogen and oxygen atoms in total. The van der Waals surface area contributed by atoms with Gasteiger partial charge in [0.25, 0.3) is 5.91 Å². The van der Waals surface area contributed by atoms with E-state index in [0.29, 0.717) is 6.54 Å². The number of hydrogen-bond donors (Lipinski definition) is 2. The van der Waals surface area contributed by atoms with Gasteiger partial charge in [0.05, 0.1) is 0 Å². The summed E-state index contributed by atoms with van der Waals surface area (Å²) in [6, 6.07) is 7.30. The molecule has 23 heavy (non-hydrogen) atoms. The van der Waals surface area contributed by atoms with Gasteiger partial charge in [0.1, 0.15) is 6.04 Å². The Bertz CT molecular complexity index is 589. The van der Waals surface area contributed by atoms with Crippen LogP contribution in [0, 0.1) is 0 Å². The highest BCUT2D eigenvalue weighted by Gasteiger charge is 2.18. The number of amides is 2. The van der Waals surface area contributed by atoms with Crippen LogP contribution in [0.2, 0.25) is 0 Å². The van der Waals surface area contributed by atoms with Crippen molar-refractivity contribution < 1.29 is 9.59 Å². The van der Waals surface area contributed by atoms with E-state index in [-0.39, 0.29) is 17.9 Å². The average Bonchev–Trinajstić information content (AvgIpc) is 3.15. The Morgan fingerprint density at radius 1 is 1.13 bits per heavy atom. The van der Waals surface area contributed by atoms with Crippen molar-refractivity contribution in [2.24, 2.45) is 0 Å². The Kier molecular flexibility index (Phi) is 5.08. The first kappa shape index (κ1) is 15.7. The summed E-state index contributed by atoms with van der Waals surface area (Å²) in [5, 5.41) is 5.98. The molecule has 122 valence electrons. The first-order valence-corrected chi connectivity index (χ1v) is 8.30. The van der Waals surface area contributed by atoms with Gasteiger partial charge in [-0.2, -0.15) is 0 Å². The second-order valence-electron chi connectivity index (χ2n) is 6.08. The summed E-state index contributed by atoms with van der Waals surface area (Å²) < 4.78 is 0. The minimum Gasteiger partial charge on any atom is -0.350 e. The molecule has 0 bridgehead atoms. The molecule has 2 heterocycles. The number of likely N-dealkylation sites (tertiary alicyclic amines) is 1. The zero-order chi connectivity index (χ0) is 16.1. The van der Waals surface area contributed by atoms with Crippen LogP contribution in [0.3, 0.4) is 0 Å². The van der Waals surface area contributed by atoms with Gasteiger partial charge >= 0.3 is 0 Å². The van der Waals surface area contributed by atoms with Crippen molar-refractivity contribution in [2.45, 2.75) is 31.8 Å². The number of piperidine rings is 1. The highest BCUT2D eigenvalue weighted by Crippen LogP contribution is 2.14. The zero-order valence-corrected chi connectivity index (χ0v) is 13.3. The van der Waals surface area contributed by atoms with Crippen LogP contribution < -0.4 is 10.6 Å². The van der Waals surface area contributed by atoms with Crippen LogP contribution in [0.1, 0.15) is 35.2 Å². The summed E-state index contributed by atoms with van der Waals surface area (Å²) in [5.41, 5.74) is 1.72. The summed E-state index contributed by atoms with van der Waals surface area (Å²) >= 11 is 0. The quantitative estimate of drug-likeness (QED) is 0.827. The normalized spacial score (nSPS) is 20.5. The average molecular weight is 313 g/mol. The van der Waals surface area contributed by atoms with Crippen LogP contribution in [-0.2, 0) is 11.3 Å². The van der Waals surface area contributed by atoms with Gasteiger partial charge in [-0.3, -0.25) is 14.9 Å². The molecule has 0 spiro atoms. The Morgan fingerprint density at radius 3 is 2.52 bits per heavy atom. The summed E-state index contributed by atoms with van der Waals surface area (Å²) in [6.07, 6.45) is 7.23. The lowest BCUT2D eigenvalue weighted by Gasteiger charge is -2.26. The molecule has 5 heteroatoms. The largest absolute Gasteiger partial charge is 0.350 e. The monoisotopic (exact) mass is 313 g/mol. The number of rotatable bonds is 4. The predicted octanol–water partition coefficient (Wildman–Crippen LogP) is 1.46. The van der Waals surface area contributed by atoms with Crippen molar-refractivity contribution in [3.05, 3.63) is 47.5 Å². The molecule has 1 fully saturated rings. The van der Waals surface area contributed by atoms with Crippen LogP contribution in [-0.4, -0.2) is 42.4 Å². The second-order valence-corrected chi connectivity index (χ2v) is 6.08. The van der Waals surface area contributed by atoms with E-state index >= 15 is 0 Å². The fourth-order valence-corrected chi connectivity index (χ4v) is 2.99. The minimum atomic E-state index is -0.227. The van der Waals surface area contributed by atoms with E-state index in [4.69, 9.17) is 0 Å². The first-order valence-electron chi connectivity index (χ1n) is 8.30. The Balaban J connectivity index is 1.53. The molecule has 2 N–H and O–H groups in total. The maximum atomic E-state index is 12.4. The molecule has 0 aromatic heterocycles. The fourth-order valence-electron chi connectivity index (χ4n) is 2.99. The van der Waals surface area contributed by atoms with Crippen molar-refractivity contribution in [3.63, 3.8) is 0 Å². The lowest BCUT2D eigenvalue weighted by molar-refractivity contribution is -0.122. The van der Waals surface area contributed by atoms with E-state index in [1.807, 2.05) is 41.3 Å². The predicted molar refractivity (Wildman–Crippen MR) is 89.0 cm³/mol. The van der Waals surface area contributed by atoms with Gasteiger partial charge in [-0.1, -0.05) is 24.3 Å². The molecular weight excluding hydrogens is 290 g/mol. The Labute approximate surface area is 136 Å². The van der Waals surface area contributed by atoms with Crippen LogP contribution in [0.4, 0.5) is 0 Å². The number of carbonyl (C=O) groups is 2. The molecular formula is C18H23N3O2. The SMILES string of the molecule is O=C(NCc1ccc(C(=O)N2CCCCC2)cc1)[C@H]1C=CCN1. The van der Waals surface area contributed by atoms with Crippen LogP contribution in [0.15, 0.2) is 36.4 Å². The number of nitrogens with one attached hydrogen (secondary N) is 2. The van der Waals surface area contributed by atoms with E-state index in [1.54, 1.807) is 0 Å². The molecule has 2 amide bonds. The molecule has 0 aliphatic carbocycles. The third-order valence-electron chi connectivity index (χ3n) is 4.38. The standard InChI is InChI=1S/C18H23N3O2/c22-17(16-5-4-10-19-16)20-13-14-6-8-15(9-7-14)18(23)21-11-2-1-3-12-21/h4-9,16,19H,1-3,10-13H2,(H,20,22)/t16-/m1/s1. The summed E-state index contributed by atoms with van der Waals surface area (Å²) in [5.74, 6) is 0.0906. The molecule has 0 unspecified atom stereocenters. The van der Waals surface area contributed by atoms with Gasteiger partial charge in [0.15, 0.2) is 0 Å². The van der Waals surface area contributed by atoms with Crippen molar-refractivity contribution in [1.82, 2.24) is 15.5 Å². The highest BCUT2D eigenvalue weighted by molar-refractivity contribution is 5.94. The van der Waals surface area contributed by atoms with Gasteiger partial charge in [0.2, 0.25) is 5.91 Å². The van der Waals surface area contributed by atoms with Crippen molar-refractivity contribution in [2.75, 3.05) is 19.6 Å². The van der Waals surface area contributed by atoms with Gasteiger partial charge in [-0.05, 0) is 37.0 Å². The Morgan fingerprint density at radius 2 is 1.87 bits per heavy atom. The van der Waals surface area contributed by atoms with E-state index < -0.39 is 0 Å². The number of carbonyl (C=O) groups excluding carboxylic acids is 2. The number of nitrogens with zero attached hydrogens (tertiary/aromatic N) is 1. The molecule has 1 saturated heterocycles. The van der Waals surface area contributed by atoms with Crippen molar-refractivity contribution in [1.29, 1.82) is 0 Å². The number of hydrogen-bond acceptors (Lipinski definition) is 3. The smallest absolute Gasteiger partial charge is 0.253 e. The molecule has 2 aliphatic rings. The van der Waals surface area contributed by atoms with E-state index in [0.717, 1.165) is 43.6 Å². The van der Waals surface area contributed by atoms with Crippen LogP contribution in [0.25, 0.3) is 0 Å². The lowest BCUT2D eigenvalue weighted by Crippen LogP contribution is -2.40. The zero-order valence-electron chi connectivity index (χ0n) is 13.3. The van der Waals surface area contributed by atoms with Gasteiger partial charge in [-0.15, -0.1) is 0 Å². The van der Waals surface area contributed by atoms with Gasteiger partial charge in [-0.25, -0.2) is 0 Å².